The first-order valence-electron chi connectivity index (χ1n) is 10.1. The average molecular weight is 381 g/mol. The van der Waals surface area contributed by atoms with Crippen molar-refractivity contribution >= 4 is 11.9 Å². The monoisotopic (exact) mass is 381 g/mol. The Bertz CT molecular complexity index is 785. The summed E-state index contributed by atoms with van der Waals surface area (Å²) in [4.78, 5) is 27.7. The van der Waals surface area contributed by atoms with E-state index in [1.165, 1.54) is 12.7 Å². The van der Waals surface area contributed by atoms with Crippen molar-refractivity contribution in [3.05, 3.63) is 59.7 Å². The number of hydrogen-bond donors (Lipinski definition) is 0. The number of allylic oxidation sites excluding steroid dienone is 2. The van der Waals surface area contributed by atoms with Crippen LogP contribution in [0, 0.1) is 5.92 Å². The van der Waals surface area contributed by atoms with Gasteiger partial charge in [-0.2, -0.15) is 0 Å². The molecule has 1 aromatic carbocycles. The minimum atomic E-state index is -0.440. The maximum absolute atomic E-state index is 12.7. The topological polar surface area (TPSA) is 55.8 Å². The van der Waals surface area contributed by atoms with E-state index < -0.39 is 12.0 Å². The van der Waals surface area contributed by atoms with Gasteiger partial charge in [0.2, 0.25) is 0 Å². The lowest BCUT2D eigenvalue weighted by molar-refractivity contribution is -0.156. The van der Waals surface area contributed by atoms with Gasteiger partial charge in [0.05, 0.1) is 12.7 Å². The molecule has 4 rings (SSSR count). The molecule has 5 heteroatoms. The van der Waals surface area contributed by atoms with Crippen molar-refractivity contribution in [2.45, 2.75) is 50.3 Å². The highest BCUT2D eigenvalue weighted by Gasteiger charge is 2.52. The lowest BCUT2D eigenvalue weighted by atomic mass is 9.86. The molecule has 28 heavy (non-hydrogen) atoms. The van der Waals surface area contributed by atoms with E-state index in [2.05, 4.69) is 23.1 Å². The van der Waals surface area contributed by atoms with Crippen molar-refractivity contribution < 1.29 is 19.1 Å². The maximum atomic E-state index is 12.7. The molecule has 2 aliphatic heterocycles. The number of benzene rings is 1. The van der Waals surface area contributed by atoms with Gasteiger partial charge >= 0.3 is 11.9 Å². The zero-order chi connectivity index (χ0) is 19.5. The van der Waals surface area contributed by atoms with E-state index in [9.17, 15) is 9.59 Å². The van der Waals surface area contributed by atoms with E-state index in [0.717, 1.165) is 32.2 Å². The van der Waals surface area contributed by atoms with Crippen LogP contribution in [0.2, 0.25) is 0 Å². The Morgan fingerprint density at radius 1 is 1.14 bits per heavy atom. The molecule has 4 unspecified atom stereocenters. The predicted octanol–water partition coefficient (Wildman–Crippen LogP) is 3.51. The molecule has 1 aromatic rings. The van der Waals surface area contributed by atoms with Gasteiger partial charge in [0.15, 0.2) is 0 Å². The molecule has 1 aliphatic carbocycles. The fraction of sp³-hybridized carbons (Fsp3) is 0.478. The number of carbonyl (C=O) groups is 2. The minimum absolute atomic E-state index is 0.0519. The smallest absolute Gasteiger partial charge is 0.338 e. The third-order valence-corrected chi connectivity index (χ3v) is 6.19. The first kappa shape index (κ1) is 18.9. The number of piperidine rings is 1. The van der Waals surface area contributed by atoms with Gasteiger partial charge in [0.25, 0.3) is 0 Å². The zero-order valence-corrected chi connectivity index (χ0v) is 16.3. The van der Waals surface area contributed by atoms with Crippen molar-refractivity contribution in [2.75, 3.05) is 13.7 Å². The average Bonchev–Trinajstić information content (AvgIpc) is 3.00. The predicted molar refractivity (Wildman–Crippen MR) is 106 cm³/mol. The van der Waals surface area contributed by atoms with E-state index in [4.69, 9.17) is 9.47 Å². The summed E-state index contributed by atoms with van der Waals surface area (Å²) in [5, 5.41) is 0. The highest BCUT2D eigenvalue weighted by molar-refractivity contribution is 5.89. The molecular formula is C23H27NO4. The molecule has 3 aliphatic rings. The number of esters is 2. The van der Waals surface area contributed by atoms with Crippen LogP contribution in [-0.4, -0.2) is 48.7 Å². The number of fused-ring (bicyclic) bond motifs is 2. The second-order valence-corrected chi connectivity index (χ2v) is 7.82. The third kappa shape index (κ3) is 3.76. The summed E-state index contributed by atoms with van der Waals surface area (Å²) < 4.78 is 10.9. The number of carbonyl (C=O) groups excluding carboxylic acids is 2. The number of ether oxygens (including phenoxy) is 2. The van der Waals surface area contributed by atoms with E-state index >= 15 is 0 Å². The van der Waals surface area contributed by atoms with Gasteiger partial charge in [-0.1, -0.05) is 36.4 Å². The zero-order valence-electron chi connectivity index (χ0n) is 16.3. The van der Waals surface area contributed by atoms with Crippen molar-refractivity contribution in [3.8, 4) is 0 Å². The van der Waals surface area contributed by atoms with Gasteiger partial charge in [0.1, 0.15) is 12.0 Å². The molecule has 148 valence electrons. The second kappa shape index (κ2) is 8.31. The summed E-state index contributed by atoms with van der Waals surface area (Å²) in [6.07, 6.45) is 11.0. The summed E-state index contributed by atoms with van der Waals surface area (Å²) >= 11 is 0. The van der Waals surface area contributed by atoms with Gasteiger partial charge in [-0.3, -0.25) is 9.69 Å². The summed E-state index contributed by atoms with van der Waals surface area (Å²) in [5.74, 6) is -1.09. The van der Waals surface area contributed by atoms with Crippen LogP contribution < -0.4 is 0 Å². The molecule has 0 spiro atoms. The molecule has 2 bridgehead atoms. The van der Waals surface area contributed by atoms with E-state index in [1.54, 1.807) is 12.1 Å². The Hall–Kier alpha value is -2.40. The van der Waals surface area contributed by atoms with Crippen molar-refractivity contribution in [1.29, 1.82) is 0 Å². The lowest BCUT2D eigenvalue weighted by Crippen LogP contribution is -2.55. The maximum Gasteiger partial charge on any atom is 0.338 e. The molecule has 0 N–H and O–H groups in total. The van der Waals surface area contributed by atoms with E-state index in [0.29, 0.717) is 18.0 Å². The number of methoxy groups -OCH3 is 1. The minimum Gasteiger partial charge on any atom is -0.469 e. The van der Waals surface area contributed by atoms with Crippen LogP contribution in [0.25, 0.3) is 0 Å². The highest BCUT2D eigenvalue weighted by atomic mass is 16.6. The molecule has 2 heterocycles. The van der Waals surface area contributed by atoms with Crippen LogP contribution in [0.15, 0.2) is 54.1 Å². The van der Waals surface area contributed by atoms with Crippen LogP contribution in [0.1, 0.15) is 42.5 Å². The van der Waals surface area contributed by atoms with Crippen molar-refractivity contribution in [3.63, 3.8) is 0 Å². The Balaban J connectivity index is 1.53. The first-order chi connectivity index (χ1) is 13.7. The Kier molecular flexibility index (Phi) is 5.62. The van der Waals surface area contributed by atoms with Crippen LogP contribution in [0.4, 0.5) is 0 Å². The van der Waals surface area contributed by atoms with Gasteiger partial charge in [-0.25, -0.2) is 4.79 Å². The molecule has 2 saturated heterocycles. The third-order valence-electron chi connectivity index (χ3n) is 6.19. The standard InChI is InChI=1S/C23H27NO4/c1-27-23(26)21-19-13-12-18(24(19)15-16-8-4-2-5-9-16)14-20(21)28-22(25)17-10-6-3-7-11-17/h3-4,6-11,18-21H,2,5,12-15H2,1H3. The highest BCUT2D eigenvalue weighted by Crippen LogP contribution is 2.42. The Labute approximate surface area is 166 Å². The van der Waals surface area contributed by atoms with Crippen molar-refractivity contribution in [1.82, 2.24) is 4.90 Å². The van der Waals surface area contributed by atoms with Crippen LogP contribution in [-0.2, 0) is 14.3 Å². The summed E-state index contributed by atoms with van der Waals surface area (Å²) in [6, 6.07) is 9.34. The lowest BCUT2D eigenvalue weighted by Gasteiger charge is -2.43. The summed E-state index contributed by atoms with van der Waals surface area (Å²) in [5.41, 5.74) is 1.82. The SMILES string of the molecule is COC(=O)C1C(OC(=O)c2ccccc2)CC2CCC1N2CC1=CCCC=C1. The molecule has 0 amide bonds. The second-order valence-electron chi connectivity index (χ2n) is 7.82. The van der Waals surface area contributed by atoms with Gasteiger partial charge in [0, 0.05) is 25.0 Å². The van der Waals surface area contributed by atoms with Gasteiger partial charge < -0.3 is 9.47 Å². The fourth-order valence-corrected chi connectivity index (χ4v) is 4.86. The van der Waals surface area contributed by atoms with Crippen LogP contribution in [0.3, 0.4) is 0 Å². The summed E-state index contributed by atoms with van der Waals surface area (Å²) in [6.45, 7) is 0.846. The Morgan fingerprint density at radius 3 is 2.68 bits per heavy atom. The molecule has 2 fully saturated rings. The van der Waals surface area contributed by atoms with Crippen LogP contribution in [0.5, 0.6) is 0 Å². The number of nitrogens with zero attached hydrogens (tertiary/aromatic N) is 1. The van der Waals surface area contributed by atoms with E-state index in [-0.39, 0.29) is 18.0 Å². The number of hydrogen-bond acceptors (Lipinski definition) is 5. The van der Waals surface area contributed by atoms with E-state index in [1.807, 2.05) is 18.2 Å². The largest absolute Gasteiger partial charge is 0.469 e. The molecular weight excluding hydrogens is 354 g/mol. The number of rotatable bonds is 5. The van der Waals surface area contributed by atoms with Crippen molar-refractivity contribution in [2.24, 2.45) is 5.92 Å². The quantitative estimate of drug-likeness (QED) is 0.731. The summed E-state index contributed by atoms with van der Waals surface area (Å²) in [7, 11) is 1.41. The molecule has 0 radical (unpaired) electrons. The normalized spacial score (nSPS) is 29.2. The Morgan fingerprint density at radius 2 is 1.96 bits per heavy atom. The van der Waals surface area contributed by atoms with Gasteiger partial charge in [-0.05, 0) is 43.4 Å². The first-order valence-corrected chi connectivity index (χ1v) is 10.1. The molecule has 4 atom stereocenters. The van der Waals surface area contributed by atoms with Gasteiger partial charge in [-0.15, -0.1) is 0 Å². The molecule has 0 aromatic heterocycles. The molecule has 5 nitrogen and oxygen atoms in total. The fourth-order valence-electron chi connectivity index (χ4n) is 4.86. The molecule has 0 saturated carbocycles. The van der Waals surface area contributed by atoms with Crippen LogP contribution >= 0.6 is 0 Å².